The van der Waals surface area contributed by atoms with Gasteiger partial charge in [0.25, 0.3) is 0 Å². The van der Waals surface area contributed by atoms with Gasteiger partial charge in [-0.15, -0.1) is 11.8 Å². The number of aliphatic carboxylic acids is 1. The summed E-state index contributed by atoms with van der Waals surface area (Å²) >= 11 is 2.76. The Morgan fingerprint density at radius 3 is 2.65 bits per heavy atom. The Labute approximate surface area is 202 Å². The molecular formula is C23H22N2O7S2. The Hall–Kier alpha value is -2.79. The monoisotopic (exact) mass is 502 g/mol. The van der Waals surface area contributed by atoms with Crippen molar-refractivity contribution in [3.05, 3.63) is 38.3 Å². The van der Waals surface area contributed by atoms with Crippen molar-refractivity contribution < 1.29 is 29.3 Å². The lowest BCUT2D eigenvalue weighted by molar-refractivity contribution is -0.142. The molecule has 2 aliphatic heterocycles. The molecule has 4 aliphatic rings. The van der Waals surface area contributed by atoms with Crippen molar-refractivity contribution in [1.29, 1.82) is 0 Å². The number of aromatic nitrogens is 1. The number of carbonyl (C=O) groups excluding carboxylic acids is 2. The average Bonchev–Trinajstić information content (AvgIpc) is 3.52. The van der Waals surface area contributed by atoms with Gasteiger partial charge in [-0.1, -0.05) is 17.4 Å². The number of aromatic hydroxyl groups is 1. The first kappa shape index (κ1) is 21.7. The van der Waals surface area contributed by atoms with E-state index < -0.39 is 17.8 Å². The van der Waals surface area contributed by atoms with Crippen molar-refractivity contribution in [2.75, 3.05) is 13.7 Å². The molecule has 34 heavy (non-hydrogen) atoms. The summed E-state index contributed by atoms with van der Waals surface area (Å²) in [6.07, 6.45) is 0.495. The number of fused-ring (bicyclic) bond motifs is 9. The zero-order valence-electron chi connectivity index (χ0n) is 18.1. The van der Waals surface area contributed by atoms with E-state index in [1.54, 1.807) is 23.9 Å². The molecule has 2 aromatic rings. The highest BCUT2D eigenvalue weighted by Gasteiger charge is 2.69. The van der Waals surface area contributed by atoms with Gasteiger partial charge in [-0.3, -0.25) is 24.1 Å². The third-order valence-electron chi connectivity index (χ3n) is 7.93. The molecular weight excluding hydrogens is 480 g/mol. The molecule has 6 rings (SSSR count). The van der Waals surface area contributed by atoms with Gasteiger partial charge >= 0.3 is 10.8 Å². The second kappa shape index (κ2) is 7.61. The Morgan fingerprint density at radius 1 is 1.21 bits per heavy atom. The Morgan fingerprint density at radius 2 is 1.94 bits per heavy atom. The minimum absolute atomic E-state index is 0.0191. The van der Waals surface area contributed by atoms with Gasteiger partial charge in [0.05, 0.1) is 30.4 Å². The van der Waals surface area contributed by atoms with Gasteiger partial charge in [0.1, 0.15) is 0 Å². The predicted octanol–water partition coefficient (Wildman–Crippen LogP) is 2.10. The van der Waals surface area contributed by atoms with Crippen LogP contribution in [-0.2, 0) is 14.4 Å². The lowest BCUT2D eigenvalue weighted by Gasteiger charge is -2.43. The number of phenolic OH excluding ortho intramolecular Hbond substituents is 1. The smallest absolute Gasteiger partial charge is 0.305 e. The second-order valence-electron chi connectivity index (χ2n) is 9.36. The minimum atomic E-state index is -1.04. The first-order valence-corrected chi connectivity index (χ1v) is 12.8. The Kier molecular flexibility index (Phi) is 4.86. The summed E-state index contributed by atoms with van der Waals surface area (Å²) < 4.78 is 5.33. The maximum Gasteiger partial charge on any atom is 0.305 e. The predicted molar refractivity (Wildman–Crippen MR) is 122 cm³/mol. The molecule has 3 heterocycles. The van der Waals surface area contributed by atoms with Gasteiger partial charge in [0.15, 0.2) is 11.5 Å². The standard InChI is InChI=1S/C23H22N2O7S2/c1-32-12-6-8(2-3-11(12)26)14-15-9-7-10(18(15)33-20-19(14)34-23(31)24-20)17-16(9)21(29)25(22(17)30)5-4-13(27)28/h2-3,6,9-10,14-18,26H,4-5,7H2,1H3,(H,24,31)(H,27,28)/t9-,10+,14-,15+,16+,17+,18+/m0/s1. The lowest BCUT2D eigenvalue weighted by Crippen LogP contribution is -2.42. The first-order valence-electron chi connectivity index (χ1n) is 11.1. The fraction of sp³-hybridized carbons (Fsp3) is 0.478. The average molecular weight is 503 g/mol. The lowest BCUT2D eigenvalue weighted by atomic mass is 9.68. The summed E-state index contributed by atoms with van der Waals surface area (Å²) in [7, 11) is 1.48. The second-order valence-corrected chi connectivity index (χ2v) is 11.6. The molecule has 2 bridgehead atoms. The summed E-state index contributed by atoms with van der Waals surface area (Å²) in [5, 5.41) is 20.0. The number of likely N-dealkylation sites (tertiary alicyclic amines) is 1. The zero-order valence-corrected chi connectivity index (χ0v) is 19.7. The van der Waals surface area contributed by atoms with Crippen LogP contribution in [0.5, 0.6) is 11.5 Å². The van der Waals surface area contributed by atoms with E-state index in [4.69, 9.17) is 9.84 Å². The SMILES string of the molecule is COc1cc([C@@H]2c3sc(=O)[nH]c3S[C@@H]3[C@@H]4C[C@H]([C@H]5C(=O)N(CCC(=O)O)C(=O)[C@H]45)[C@H]23)ccc1O. The number of amides is 2. The summed E-state index contributed by atoms with van der Waals surface area (Å²) in [5.41, 5.74) is 0.894. The van der Waals surface area contributed by atoms with Crippen LogP contribution in [0.15, 0.2) is 28.0 Å². The first-order chi connectivity index (χ1) is 16.3. The molecule has 0 unspecified atom stereocenters. The van der Waals surface area contributed by atoms with E-state index in [1.165, 1.54) is 7.11 Å². The molecule has 2 saturated carbocycles. The number of nitrogens with zero attached hydrogens (tertiary/aromatic N) is 1. The maximum absolute atomic E-state index is 13.3. The Bertz CT molecular complexity index is 1290. The molecule has 0 spiro atoms. The Balaban J connectivity index is 1.42. The number of rotatable bonds is 5. The van der Waals surface area contributed by atoms with E-state index >= 15 is 0 Å². The number of ether oxygens (including phenoxy) is 1. The number of hydrogen-bond donors (Lipinski definition) is 3. The van der Waals surface area contributed by atoms with Crippen LogP contribution in [0, 0.1) is 29.6 Å². The molecule has 2 aliphatic carbocycles. The number of H-pyrrole nitrogens is 1. The largest absolute Gasteiger partial charge is 0.504 e. The van der Waals surface area contributed by atoms with Gasteiger partial charge in [-0.05, 0) is 41.9 Å². The van der Waals surface area contributed by atoms with Crippen LogP contribution in [0.1, 0.15) is 29.2 Å². The number of thiazole rings is 1. The summed E-state index contributed by atoms with van der Waals surface area (Å²) in [4.78, 5) is 54.7. The third-order valence-corrected chi connectivity index (χ3v) is 10.5. The number of methoxy groups -OCH3 is 1. The highest BCUT2D eigenvalue weighted by atomic mass is 32.2. The van der Waals surface area contributed by atoms with Crippen LogP contribution in [-0.4, -0.2) is 56.8 Å². The molecule has 11 heteroatoms. The zero-order chi connectivity index (χ0) is 23.9. The van der Waals surface area contributed by atoms with Gasteiger partial charge < -0.3 is 19.9 Å². The molecule has 3 fully saturated rings. The number of benzene rings is 1. The number of phenols is 1. The van der Waals surface area contributed by atoms with Crippen LogP contribution in [0.3, 0.4) is 0 Å². The number of carbonyl (C=O) groups is 3. The number of thioether (sulfide) groups is 1. The van der Waals surface area contributed by atoms with Gasteiger partial charge in [-0.25, -0.2) is 0 Å². The fourth-order valence-electron chi connectivity index (χ4n) is 6.77. The summed E-state index contributed by atoms with van der Waals surface area (Å²) in [6.45, 7) is -0.0961. The third kappa shape index (κ3) is 2.92. The molecule has 178 valence electrons. The van der Waals surface area contributed by atoms with Crippen molar-refractivity contribution >= 4 is 40.9 Å². The van der Waals surface area contributed by atoms with Crippen molar-refractivity contribution in [2.45, 2.75) is 29.0 Å². The molecule has 3 N–H and O–H groups in total. The number of hydrogen-bond acceptors (Lipinski definition) is 8. The van der Waals surface area contributed by atoms with Crippen LogP contribution in [0.25, 0.3) is 0 Å². The molecule has 1 aromatic heterocycles. The molecule has 9 nitrogen and oxygen atoms in total. The van der Waals surface area contributed by atoms with Gasteiger partial charge in [-0.2, -0.15) is 0 Å². The van der Waals surface area contributed by atoms with Crippen molar-refractivity contribution in [1.82, 2.24) is 9.88 Å². The summed E-state index contributed by atoms with van der Waals surface area (Å²) in [6, 6.07) is 5.19. The van der Waals surface area contributed by atoms with E-state index in [2.05, 4.69) is 4.98 Å². The number of aromatic amines is 1. The highest BCUT2D eigenvalue weighted by Crippen LogP contribution is 2.68. The summed E-state index contributed by atoms with van der Waals surface area (Å²) in [5.74, 6) is -2.29. The topological polar surface area (TPSA) is 137 Å². The van der Waals surface area contributed by atoms with Gasteiger partial charge in [0.2, 0.25) is 11.8 Å². The van der Waals surface area contributed by atoms with Crippen LogP contribution < -0.4 is 9.61 Å². The van der Waals surface area contributed by atoms with E-state index in [9.17, 15) is 24.3 Å². The fourth-order valence-corrected chi connectivity index (χ4v) is 9.66. The van der Waals surface area contributed by atoms with Crippen LogP contribution >= 0.6 is 23.1 Å². The van der Waals surface area contributed by atoms with E-state index in [1.807, 2.05) is 6.07 Å². The number of carboxylic acid groups (broad SMARTS) is 1. The molecule has 1 saturated heterocycles. The van der Waals surface area contributed by atoms with E-state index in [0.717, 1.165) is 38.1 Å². The van der Waals surface area contributed by atoms with E-state index in [0.29, 0.717) is 5.75 Å². The molecule has 1 aromatic carbocycles. The van der Waals surface area contributed by atoms with Crippen molar-refractivity contribution in [3.63, 3.8) is 0 Å². The molecule has 0 radical (unpaired) electrons. The number of imide groups is 1. The van der Waals surface area contributed by atoms with Crippen molar-refractivity contribution in [2.24, 2.45) is 29.6 Å². The number of nitrogens with one attached hydrogen (secondary N) is 1. The van der Waals surface area contributed by atoms with Crippen LogP contribution in [0.2, 0.25) is 0 Å². The number of carboxylic acids is 1. The quantitative estimate of drug-likeness (QED) is 0.529. The van der Waals surface area contributed by atoms with E-state index in [-0.39, 0.29) is 64.3 Å². The molecule has 2 amide bonds. The molecule has 7 atom stereocenters. The highest BCUT2D eigenvalue weighted by molar-refractivity contribution is 8.00. The van der Waals surface area contributed by atoms with Gasteiger partial charge in [0, 0.05) is 22.6 Å². The maximum atomic E-state index is 13.3. The minimum Gasteiger partial charge on any atom is -0.504 e. The normalized spacial score (nSPS) is 33.1. The van der Waals surface area contributed by atoms with Crippen molar-refractivity contribution in [3.8, 4) is 11.5 Å². The van der Waals surface area contributed by atoms with Crippen LogP contribution in [0.4, 0.5) is 0 Å².